The molecular formula is C13H25NO4. The van der Waals surface area contributed by atoms with Crippen LogP contribution in [0.3, 0.4) is 0 Å². The van der Waals surface area contributed by atoms with Crippen molar-refractivity contribution in [3.63, 3.8) is 0 Å². The fraction of sp³-hybridized carbons (Fsp3) is 0.923. The lowest BCUT2D eigenvalue weighted by molar-refractivity contribution is -0.297. The van der Waals surface area contributed by atoms with Gasteiger partial charge >= 0.3 is 5.97 Å². The molecule has 0 amide bonds. The van der Waals surface area contributed by atoms with Crippen LogP contribution < -0.4 is 5.73 Å². The normalized spacial score (nSPS) is 27.9. The smallest absolute Gasteiger partial charge is 0.308 e. The van der Waals surface area contributed by atoms with Crippen LogP contribution in [0.5, 0.6) is 0 Å². The minimum Gasteiger partial charge on any atom is -0.460 e. The van der Waals surface area contributed by atoms with Crippen molar-refractivity contribution in [1.29, 1.82) is 0 Å². The van der Waals surface area contributed by atoms with Gasteiger partial charge in [-0.15, -0.1) is 0 Å². The van der Waals surface area contributed by atoms with Crippen molar-refractivity contribution in [3.8, 4) is 0 Å². The van der Waals surface area contributed by atoms with Crippen molar-refractivity contribution in [2.45, 2.75) is 71.1 Å². The van der Waals surface area contributed by atoms with Gasteiger partial charge in [0, 0.05) is 13.0 Å². The molecule has 1 heterocycles. The number of hydrogen-bond donors (Lipinski definition) is 1. The molecule has 1 saturated heterocycles. The number of carbonyl (C=O) groups excluding carboxylic acids is 1. The SMILES string of the molecule is CC(C)(C)OC(=O)C[C@H]1C[C@@H](CN)OC(C)(C)O1. The molecule has 0 aliphatic carbocycles. The Hall–Kier alpha value is -0.650. The zero-order valence-electron chi connectivity index (χ0n) is 12.0. The lowest BCUT2D eigenvalue weighted by Crippen LogP contribution is -2.48. The second kappa shape index (κ2) is 5.55. The van der Waals surface area contributed by atoms with E-state index in [1.54, 1.807) is 0 Å². The number of hydrogen-bond acceptors (Lipinski definition) is 5. The molecule has 0 aromatic carbocycles. The van der Waals surface area contributed by atoms with Gasteiger partial charge in [0.05, 0.1) is 18.6 Å². The van der Waals surface area contributed by atoms with E-state index in [1.165, 1.54) is 0 Å². The van der Waals surface area contributed by atoms with Gasteiger partial charge in [0.25, 0.3) is 0 Å². The summed E-state index contributed by atoms with van der Waals surface area (Å²) in [6.45, 7) is 9.64. The summed E-state index contributed by atoms with van der Waals surface area (Å²) in [6, 6.07) is 0. The zero-order valence-corrected chi connectivity index (χ0v) is 12.0. The second-order valence-electron chi connectivity index (χ2n) is 6.14. The number of esters is 1. The van der Waals surface area contributed by atoms with E-state index < -0.39 is 11.4 Å². The highest BCUT2D eigenvalue weighted by Crippen LogP contribution is 2.28. The summed E-state index contributed by atoms with van der Waals surface area (Å²) in [5, 5.41) is 0. The summed E-state index contributed by atoms with van der Waals surface area (Å²) in [5.74, 6) is -0.949. The minimum absolute atomic E-state index is 0.0683. The number of ether oxygens (including phenoxy) is 3. The lowest BCUT2D eigenvalue weighted by atomic mass is 10.1. The van der Waals surface area contributed by atoms with Crippen LogP contribution in [0.1, 0.15) is 47.5 Å². The summed E-state index contributed by atoms with van der Waals surface area (Å²) in [4.78, 5) is 11.8. The van der Waals surface area contributed by atoms with Crippen LogP contribution in [-0.4, -0.2) is 36.1 Å². The Bertz CT molecular complexity index is 296. The average molecular weight is 259 g/mol. The Balaban J connectivity index is 2.53. The Morgan fingerprint density at radius 3 is 2.39 bits per heavy atom. The van der Waals surface area contributed by atoms with E-state index >= 15 is 0 Å². The molecule has 5 nitrogen and oxygen atoms in total. The molecule has 1 rings (SSSR count). The molecule has 0 bridgehead atoms. The van der Waals surface area contributed by atoms with Crippen LogP contribution in [0.4, 0.5) is 0 Å². The first-order chi connectivity index (χ1) is 8.11. The topological polar surface area (TPSA) is 70.8 Å². The summed E-state index contributed by atoms with van der Waals surface area (Å²) < 4.78 is 16.6. The number of carbonyl (C=O) groups is 1. The molecule has 0 spiro atoms. The third-order valence-electron chi connectivity index (χ3n) is 2.50. The molecule has 0 unspecified atom stereocenters. The van der Waals surface area contributed by atoms with Crippen LogP contribution in [0.15, 0.2) is 0 Å². The predicted molar refractivity (Wildman–Crippen MR) is 68.0 cm³/mol. The highest BCUT2D eigenvalue weighted by atomic mass is 16.7. The lowest BCUT2D eigenvalue weighted by Gasteiger charge is -2.40. The van der Waals surface area contributed by atoms with Crippen molar-refractivity contribution >= 4 is 5.97 Å². The first kappa shape index (κ1) is 15.4. The van der Waals surface area contributed by atoms with Gasteiger partial charge in [-0.2, -0.15) is 0 Å². The molecule has 1 aliphatic rings. The molecule has 2 N–H and O–H groups in total. The maximum Gasteiger partial charge on any atom is 0.308 e. The first-order valence-electron chi connectivity index (χ1n) is 6.39. The van der Waals surface area contributed by atoms with Gasteiger partial charge in [-0.3, -0.25) is 4.79 Å². The van der Waals surface area contributed by atoms with Crippen LogP contribution >= 0.6 is 0 Å². The van der Waals surface area contributed by atoms with Crippen molar-refractivity contribution < 1.29 is 19.0 Å². The summed E-state index contributed by atoms with van der Waals surface area (Å²) in [5.41, 5.74) is 5.16. The van der Waals surface area contributed by atoms with E-state index in [2.05, 4.69) is 0 Å². The Morgan fingerprint density at radius 2 is 1.89 bits per heavy atom. The van der Waals surface area contributed by atoms with Gasteiger partial charge in [0.1, 0.15) is 5.60 Å². The van der Waals surface area contributed by atoms with E-state index in [1.807, 2.05) is 34.6 Å². The van der Waals surface area contributed by atoms with E-state index in [9.17, 15) is 4.79 Å². The zero-order chi connectivity index (χ0) is 14.0. The van der Waals surface area contributed by atoms with Crippen molar-refractivity contribution in [2.75, 3.05) is 6.54 Å². The molecule has 18 heavy (non-hydrogen) atoms. The number of nitrogens with two attached hydrogens (primary N) is 1. The summed E-state index contributed by atoms with van der Waals surface area (Å²) >= 11 is 0. The molecule has 0 aromatic heterocycles. The fourth-order valence-electron chi connectivity index (χ4n) is 2.06. The molecule has 0 saturated carbocycles. The van der Waals surface area contributed by atoms with Gasteiger partial charge < -0.3 is 19.9 Å². The van der Waals surface area contributed by atoms with Gasteiger partial charge in [-0.25, -0.2) is 0 Å². The summed E-state index contributed by atoms with van der Waals surface area (Å²) in [6.07, 6.45) is 0.595. The Labute approximate surface area is 109 Å². The molecule has 5 heteroatoms. The van der Waals surface area contributed by atoms with Crippen molar-refractivity contribution in [1.82, 2.24) is 0 Å². The van der Waals surface area contributed by atoms with E-state index in [0.29, 0.717) is 13.0 Å². The van der Waals surface area contributed by atoms with Crippen LogP contribution in [0.25, 0.3) is 0 Å². The van der Waals surface area contributed by atoms with Crippen LogP contribution in [0, 0.1) is 0 Å². The van der Waals surface area contributed by atoms with Crippen LogP contribution in [-0.2, 0) is 19.0 Å². The molecular weight excluding hydrogens is 234 g/mol. The molecule has 106 valence electrons. The van der Waals surface area contributed by atoms with E-state index in [-0.39, 0.29) is 24.6 Å². The highest BCUT2D eigenvalue weighted by Gasteiger charge is 2.36. The van der Waals surface area contributed by atoms with Gasteiger partial charge in [-0.05, 0) is 34.6 Å². The Morgan fingerprint density at radius 1 is 1.33 bits per heavy atom. The third kappa shape index (κ3) is 5.33. The monoisotopic (exact) mass is 259 g/mol. The molecule has 1 aliphatic heterocycles. The summed E-state index contributed by atoms with van der Waals surface area (Å²) in [7, 11) is 0. The average Bonchev–Trinajstić information content (AvgIpc) is 2.11. The van der Waals surface area contributed by atoms with Crippen molar-refractivity contribution in [3.05, 3.63) is 0 Å². The molecule has 0 aromatic rings. The van der Waals surface area contributed by atoms with Crippen molar-refractivity contribution in [2.24, 2.45) is 5.73 Å². The van der Waals surface area contributed by atoms with Gasteiger partial charge in [0.2, 0.25) is 0 Å². The Kier molecular flexibility index (Phi) is 4.75. The fourth-order valence-corrected chi connectivity index (χ4v) is 2.06. The third-order valence-corrected chi connectivity index (χ3v) is 2.50. The number of rotatable bonds is 3. The first-order valence-corrected chi connectivity index (χ1v) is 6.39. The minimum atomic E-state index is -0.699. The van der Waals surface area contributed by atoms with E-state index in [4.69, 9.17) is 19.9 Å². The maximum atomic E-state index is 11.8. The highest BCUT2D eigenvalue weighted by molar-refractivity contribution is 5.70. The molecule has 0 radical (unpaired) electrons. The predicted octanol–water partition coefficient (Wildman–Crippen LogP) is 1.59. The molecule has 2 atom stereocenters. The van der Waals surface area contributed by atoms with Gasteiger partial charge in [0.15, 0.2) is 5.79 Å². The second-order valence-corrected chi connectivity index (χ2v) is 6.14. The largest absolute Gasteiger partial charge is 0.460 e. The molecule has 1 fully saturated rings. The standard InChI is InChI=1S/C13H25NO4/c1-12(2,3)18-11(15)7-9-6-10(8-14)17-13(4,5)16-9/h9-10H,6-8,14H2,1-5H3/t9-,10+/m1/s1. The quantitative estimate of drug-likeness (QED) is 0.779. The van der Waals surface area contributed by atoms with E-state index in [0.717, 1.165) is 0 Å². The van der Waals surface area contributed by atoms with Crippen LogP contribution in [0.2, 0.25) is 0 Å². The van der Waals surface area contributed by atoms with Gasteiger partial charge in [-0.1, -0.05) is 0 Å². The maximum absolute atomic E-state index is 11.8.